The molecule has 6 nitrogen and oxygen atoms in total. The fourth-order valence-electron chi connectivity index (χ4n) is 1.59. The van der Waals surface area contributed by atoms with Crippen LogP contribution in [0.1, 0.15) is 16.3 Å². The Hall–Kier alpha value is -2.44. The van der Waals surface area contributed by atoms with Gasteiger partial charge in [-0.05, 0) is 19.1 Å². The fourth-order valence-corrected chi connectivity index (χ4v) is 1.59. The smallest absolute Gasteiger partial charge is 0.360 e. The summed E-state index contributed by atoms with van der Waals surface area (Å²) in [5, 5.41) is 0. The van der Waals surface area contributed by atoms with Gasteiger partial charge in [-0.2, -0.15) is 0 Å². The van der Waals surface area contributed by atoms with Crippen LogP contribution >= 0.6 is 0 Å². The summed E-state index contributed by atoms with van der Waals surface area (Å²) in [4.78, 5) is 19.3. The minimum Gasteiger partial charge on any atom is -0.464 e. The van der Waals surface area contributed by atoms with Crippen LogP contribution in [0.2, 0.25) is 0 Å². The maximum atomic E-state index is 12.8. The highest BCUT2D eigenvalue weighted by molar-refractivity contribution is 5.92. The van der Waals surface area contributed by atoms with Crippen LogP contribution in [0.15, 0.2) is 18.3 Å². The van der Waals surface area contributed by atoms with Crippen LogP contribution in [0.5, 0.6) is 0 Å². The highest BCUT2D eigenvalue weighted by Crippen LogP contribution is 2.19. The van der Waals surface area contributed by atoms with Crippen LogP contribution < -0.4 is 5.73 Å². The molecule has 94 valence electrons. The third-order valence-corrected chi connectivity index (χ3v) is 2.40. The van der Waals surface area contributed by atoms with Crippen LogP contribution in [0.25, 0.3) is 5.82 Å². The van der Waals surface area contributed by atoms with Gasteiger partial charge in [-0.25, -0.2) is 19.2 Å². The van der Waals surface area contributed by atoms with Gasteiger partial charge in [0.2, 0.25) is 0 Å². The van der Waals surface area contributed by atoms with E-state index >= 15 is 0 Å². The van der Waals surface area contributed by atoms with E-state index in [9.17, 15) is 9.18 Å². The first kappa shape index (κ1) is 12.0. The van der Waals surface area contributed by atoms with Gasteiger partial charge >= 0.3 is 5.97 Å². The van der Waals surface area contributed by atoms with Crippen molar-refractivity contribution in [2.24, 2.45) is 0 Å². The number of methoxy groups -OCH3 is 1. The number of rotatable bonds is 2. The fraction of sp³-hybridized carbons (Fsp3) is 0.182. The van der Waals surface area contributed by atoms with Crippen molar-refractivity contribution >= 4 is 11.8 Å². The molecule has 2 N–H and O–H groups in total. The normalized spacial score (nSPS) is 10.4. The molecule has 0 aliphatic rings. The number of aromatic nitrogens is 3. The van der Waals surface area contributed by atoms with Gasteiger partial charge in [0.1, 0.15) is 23.3 Å². The summed E-state index contributed by atoms with van der Waals surface area (Å²) >= 11 is 0. The minimum absolute atomic E-state index is 0.0149. The molecule has 0 amide bonds. The van der Waals surface area contributed by atoms with Crippen LogP contribution in [0.4, 0.5) is 10.2 Å². The van der Waals surface area contributed by atoms with Crippen molar-refractivity contribution in [1.29, 1.82) is 0 Å². The number of hydrogen-bond acceptors (Lipinski definition) is 5. The van der Waals surface area contributed by atoms with E-state index in [4.69, 9.17) is 5.73 Å². The van der Waals surface area contributed by atoms with E-state index < -0.39 is 11.8 Å². The first-order chi connectivity index (χ1) is 8.54. The van der Waals surface area contributed by atoms with Gasteiger partial charge in [-0.15, -0.1) is 0 Å². The molecule has 2 rings (SSSR count). The van der Waals surface area contributed by atoms with Crippen molar-refractivity contribution in [3.8, 4) is 5.82 Å². The molecule has 0 saturated heterocycles. The van der Waals surface area contributed by atoms with Crippen LogP contribution in [0, 0.1) is 12.7 Å². The maximum Gasteiger partial charge on any atom is 0.360 e. The second-order valence-electron chi connectivity index (χ2n) is 3.55. The number of anilines is 1. The Bertz CT molecular complexity index is 592. The van der Waals surface area contributed by atoms with Gasteiger partial charge in [0, 0.05) is 0 Å². The molecule has 2 heterocycles. The lowest BCUT2D eigenvalue weighted by molar-refractivity contribution is 0.0596. The van der Waals surface area contributed by atoms with Gasteiger partial charge in [-0.1, -0.05) is 0 Å². The maximum absolute atomic E-state index is 12.8. The molecule has 0 aliphatic heterocycles. The SMILES string of the molecule is COC(=O)c1nc(C)n(-c2ccc(F)cn2)c1N. The summed E-state index contributed by atoms with van der Waals surface area (Å²) in [5.74, 6) is -0.126. The predicted octanol–water partition coefficient (Wildman–Crippen LogP) is 1.08. The second-order valence-corrected chi connectivity index (χ2v) is 3.55. The molecule has 2 aromatic heterocycles. The number of hydrogen-bond donors (Lipinski definition) is 1. The number of carbonyl (C=O) groups is 1. The Labute approximate surface area is 102 Å². The molecule has 2 aromatic rings. The summed E-state index contributed by atoms with van der Waals surface area (Å²) in [6, 6.07) is 2.69. The summed E-state index contributed by atoms with van der Waals surface area (Å²) in [6.45, 7) is 1.66. The second kappa shape index (κ2) is 4.44. The molecule has 0 radical (unpaired) electrons. The van der Waals surface area contributed by atoms with E-state index in [1.165, 1.54) is 23.8 Å². The number of nitrogen functional groups attached to an aromatic ring is 1. The molecule has 0 saturated carbocycles. The molecule has 0 spiro atoms. The zero-order chi connectivity index (χ0) is 13.3. The third-order valence-electron chi connectivity index (χ3n) is 2.40. The zero-order valence-electron chi connectivity index (χ0n) is 9.85. The van der Waals surface area contributed by atoms with E-state index in [1.807, 2.05) is 0 Å². The Kier molecular flexibility index (Phi) is 2.97. The molecular weight excluding hydrogens is 239 g/mol. The molecule has 0 aromatic carbocycles. The monoisotopic (exact) mass is 250 g/mol. The molecule has 18 heavy (non-hydrogen) atoms. The van der Waals surface area contributed by atoms with Crippen LogP contribution in [-0.4, -0.2) is 27.6 Å². The first-order valence-electron chi connectivity index (χ1n) is 5.09. The molecule has 0 atom stereocenters. The number of nitrogens with zero attached hydrogens (tertiary/aromatic N) is 3. The highest BCUT2D eigenvalue weighted by atomic mass is 19.1. The highest BCUT2D eigenvalue weighted by Gasteiger charge is 2.20. The number of ether oxygens (including phenoxy) is 1. The van der Waals surface area contributed by atoms with Crippen molar-refractivity contribution in [3.05, 3.63) is 35.7 Å². The number of imidazole rings is 1. The standard InChI is InChI=1S/C11H11FN4O2/c1-6-15-9(11(17)18-2)10(13)16(6)8-4-3-7(12)5-14-8/h3-5H,13H2,1-2H3. The molecule has 0 fully saturated rings. The molecule has 0 bridgehead atoms. The first-order valence-corrected chi connectivity index (χ1v) is 5.09. The zero-order valence-corrected chi connectivity index (χ0v) is 9.85. The topological polar surface area (TPSA) is 83.0 Å². The lowest BCUT2D eigenvalue weighted by atomic mass is 10.4. The van der Waals surface area contributed by atoms with E-state index in [2.05, 4.69) is 14.7 Å². The molecular formula is C11H11FN4O2. The van der Waals surface area contributed by atoms with Crippen molar-refractivity contribution < 1.29 is 13.9 Å². The predicted molar refractivity (Wildman–Crippen MR) is 61.8 cm³/mol. The van der Waals surface area contributed by atoms with Gasteiger partial charge in [0.15, 0.2) is 5.69 Å². The number of carbonyl (C=O) groups excluding carboxylic acids is 1. The Morgan fingerprint density at radius 1 is 1.50 bits per heavy atom. The summed E-state index contributed by atoms with van der Waals surface area (Å²) in [7, 11) is 1.24. The van der Waals surface area contributed by atoms with E-state index in [0.29, 0.717) is 11.6 Å². The van der Waals surface area contributed by atoms with E-state index in [0.717, 1.165) is 6.20 Å². The van der Waals surface area contributed by atoms with Gasteiger partial charge in [-0.3, -0.25) is 4.57 Å². The van der Waals surface area contributed by atoms with E-state index in [-0.39, 0.29) is 11.5 Å². The third kappa shape index (κ3) is 1.90. The van der Waals surface area contributed by atoms with Crippen molar-refractivity contribution in [3.63, 3.8) is 0 Å². The minimum atomic E-state index is -0.628. The number of pyridine rings is 1. The average molecular weight is 250 g/mol. The molecule has 0 unspecified atom stereocenters. The average Bonchev–Trinajstić information content (AvgIpc) is 2.65. The van der Waals surface area contributed by atoms with Crippen molar-refractivity contribution in [2.75, 3.05) is 12.8 Å². The van der Waals surface area contributed by atoms with Gasteiger partial charge in [0.05, 0.1) is 13.3 Å². The van der Waals surface area contributed by atoms with Gasteiger partial charge < -0.3 is 10.5 Å². The van der Waals surface area contributed by atoms with Gasteiger partial charge in [0.25, 0.3) is 0 Å². The van der Waals surface area contributed by atoms with Crippen molar-refractivity contribution in [2.45, 2.75) is 6.92 Å². The Balaban J connectivity index is 2.55. The summed E-state index contributed by atoms with van der Waals surface area (Å²) in [5.41, 5.74) is 5.83. The number of esters is 1. The van der Waals surface area contributed by atoms with Crippen LogP contribution in [0.3, 0.4) is 0 Å². The largest absolute Gasteiger partial charge is 0.464 e. The van der Waals surface area contributed by atoms with E-state index in [1.54, 1.807) is 6.92 Å². The summed E-state index contributed by atoms with van der Waals surface area (Å²) in [6.07, 6.45) is 1.06. The number of nitrogens with two attached hydrogens (primary N) is 1. The van der Waals surface area contributed by atoms with Crippen molar-refractivity contribution in [1.82, 2.24) is 14.5 Å². The molecule has 0 aliphatic carbocycles. The number of aryl methyl sites for hydroxylation is 1. The summed E-state index contributed by atoms with van der Waals surface area (Å²) < 4.78 is 18.8. The van der Waals surface area contributed by atoms with Crippen LogP contribution in [-0.2, 0) is 4.74 Å². The Morgan fingerprint density at radius 2 is 2.22 bits per heavy atom. The number of halogens is 1. The quantitative estimate of drug-likeness (QED) is 0.806. The molecule has 7 heteroatoms. The Morgan fingerprint density at radius 3 is 2.78 bits per heavy atom. The lowest BCUT2D eigenvalue weighted by Crippen LogP contribution is -2.08. The lowest BCUT2D eigenvalue weighted by Gasteiger charge is -2.05.